The molecule has 7 heteroatoms. The molecular formula is C13H16Br3NO2S. The minimum absolute atomic E-state index is 0.128. The van der Waals surface area contributed by atoms with Crippen LogP contribution in [0.4, 0.5) is 0 Å². The van der Waals surface area contributed by atoms with Gasteiger partial charge in [-0.25, -0.2) is 8.42 Å². The molecule has 0 aromatic heterocycles. The van der Waals surface area contributed by atoms with Crippen molar-refractivity contribution in [1.82, 2.24) is 4.31 Å². The lowest BCUT2D eigenvalue weighted by Gasteiger charge is -2.24. The Balaban J connectivity index is 2.31. The van der Waals surface area contributed by atoms with Crippen molar-refractivity contribution < 1.29 is 8.42 Å². The molecule has 1 atom stereocenters. The molecule has 1 aromatic rings. The van der Waals surface area contributed by atoms with Gasteiger partial charge >= 0.3 is 0 Å². The van der Waals surface area contributed by atoms with Gasteiger partial charge in [-0.05, 0) is 59.8 Å². The van der Waals surface area contributed by atoms with E-state index in [0.29, 0.717) is 15.9 Å². The van der Waals surface area contributed by atoms with Crippen LogP contribution in [-0.4, -0.2) is 30.6 Å². The van der Waals surface area contributed by atoms with Crippen molar-refractivity contribution in [2.24, 2.45) is 0 Å². The van der Waals surface area contributed by atoms with E-state index in [-0.39, 0.29) is 6.04 Å². The van der Waals surface area contributed by atoms with Gasteiger partial charge < -0.3 is 0 Å². The van der Waals surface area contributed by atoms with Gasteiger partial charge in [0, 0.05) is 26.9 Å². The zero-order valence-corrected chi connectivity index (χ0v) is 16.4. The molecule has 1 unspecified atom stereocenters. The minimum Gasteiger partial charge on any atom is -0.207 e. The van der Waals surface area contributed by atoms with Gasteiger partial charge in [0.2, 0.25) is 10.0 Å². The van der Waals surface area contributed by atoms with Crippen molar-refractivity contribution in [3.05, 3.63) is 27.1 Å². The van der Waals surface area contributed by atoms with Crippen LogP contribution < -0.4 is 0 Å². The van der Waals surface area contributed by atoms with Crippen LogP contribution in [0.3, 0.4) is 0 Å². The van der Waals surface area contributed by atoms with Gasteiger partial charge in [0.25, 0.3) is 0 Å². The fourth-order valence-electron chi connectivity index (χ4n) is 2.53. The Labute approximate surface area is 145 Å². The number of halogens is 3. The Morgan fingerprint density at radius 1 is 1.30 bits per heavy atom. The molecule has 1 saturated heterocycles. The summed E-state index contributed by atoms with van der Waals surface area (Å²) in [6, 6.07) is 5.39. The van der Waals surface area contributed by atoms with Crippen molar-refractivity contribution in [1.29, 1.82) is 0 Å². The van der Waals surface area contributed by atoms with Gasteiger partial charge in [-0.15, -0.1) is 0 Å². The second-order valence-corrected chi connectivity index (χ2v) is 9.24. The first kappa shape index (κ1) is 16.9. The first-order chi connectivity index (χ1) is 9.46. The topological polar surface area (TPSA) is 37.4 Å². The van der Waals surface area contributed by atoms with E-state index >= 15 is 0 Å². The fourth-order valence-corrected chi connectivity index (χ4v) is 6.04. The smallest absolute Gasteiger partial charge is 0.207 e. The second kappa shape index (κ2) is 7.22. The summed E-state index contributed by atoms with van der Waals surface area (Å²) in [4.78, 5) is 0.345. The molecule has 0 amide bonds. The molecule has 0 radical (unpaired) electrons. The summed E-state index contributed by atoms with van der Waals surface area (Å²) in [5, 5.41) is 0.915. The lowest BCUT2D eigenvalue weighted by molar-refractivity contribution is 0.369. The van der Waals surface area contributed by atoms with E-state index in [9.17, 15) is 8.42 Å². The largest absolute Gasteiger partial charge is 0.244 e. The first-order valence-electron chi connectivity index (χ1n) is 6.49. The number of alkyl halides is 1. The molecule has 0 N–H and O–H groups in total. The molecule has 1 aliphatic heterocycles. The molecule has 20 heavy (non-hydrogen) atoms. The van der Waals surface area contributed by atoms with Gasteiger partial charge in [-0.1, -0.05) is 31.9 Å². The molecule has 0 spiro atoms. The molecule has 2 rings (SSSR count). The Hall–Kier alpha value is 0.570. The normalized spacial score (nSPS) is 20.4. The number of hydrogen-bond donors (Lipinski definition) is 0. The Morgan fingerprint density at radius 2 is 2.05 bits per heavy atom. The van der Waals surface area contributed by atoms with Gasteiger partial charge in [-0.2, -0.15) is 4.31 Å². The highest BCUT2D eigenvalue weighted by molar-refractivity contribution is 9.11. The molecule has 1 fully saturated rings. The summed E-state index contributed by atoms with van der Waals surface area (Å²) < 4.78 is 28.7. The van der Waals surface area contributed by atoms with Crippen molar-refractivity contribution in [2.45, 2.75) is 36.6 Å². The van der Waals surface area contributed by atoms with Crippen LogP contribution >= 0.6 is 47.8 Å². The summed E-state index contributed by atoms with van der Waals surface area (Å²) in [6.07, 6.45) is 3.81. The zero-order valence-electron chi connectivity index (χ0n) is 10.9. The van der Waals surface area contributed by atoms with E-state index in [0.717, 1.165) is 35.5 Å². The maximum absolute atomic E-state index is 12.8. The molecular weight excluding hydrogens is 474 g/mol. The predicted molar refractivity (Wildman–Crippen MR) is 91.8 cm³/mol. The number of rotatable bonds is 5. The molecule has 112 valence electrons. The highest BCUT2D eigenvalue weighted by Gasteiger charge is 2.35. The lowest BCUT2D eigenvalue weighted by atomic mass is 10.1. The van der Waals surface area contributed by atoms with E-state index in [1.807, 2.05) is 6.07 Å². The maximum atomic E-state index is 12.8. The van der Waals surface area contributed by atoms with Crippen LogP contribution in [0, 0.1) is 0 Å². The molecule has 1 aromatic carbocycles. The highest BCUT2D eigenvalue weighted by Crippen LogP contribution is 2.33. The summed E-state index contributed by atoms with van der Waals surface area (Å²) in [5.74, 6) is 0. The van der Waals surface area contributed by atoms with Crippen LogP contribution in [0.5, 0.6) is 0 Å². The SMILES string of the molecule is O=S(=O)(c1cc(Br)ccc1Br)N1CCCC1CCCBr. The van der Waals surface area contributed by atoms with Gasteiger partial charge in [-0.3, -0.25) is 0 Å². The van der Waals surface area contributed by atoms with E-state index in [1.54, 1.807) is 16.4 Å². The lowest BCUT2D eigenvalue weighted by Crippen LogP contribution is -2.35. The third-order valence-corrected chi connectivity index (χ3v) is 7.47. The molecule has 1 heterocycles. The van der Waals surface area contributed by atoms with Crippen LogP contribution in [0.25, 0.3) is 0 Å². The average Bonchev–Trinajstić information content (AvgIpc) is 2.88. The molecule has 3 nitrogen and oxygen atoms in total. The van der Waals surface area contributed by atoms with Crippen LogP contribution in [-0.2, 0) is 10.0 Å². The average molecular weight is 490 g/mol. The monoisotopic (exact) mass is 487 g/mol. The number of hydrogen-bond acceptors (Lipinski definition) is 2. The second-order valence-electron chi connectivity index (χ2n) is 4.82. The first-order valence-corrected chi connectivity index (χ1v) is 10.6. The summed E-state index contributed by atoms with van der Waals surface area (Å²) in [5.41, 5.74) is 0. The van der Waals surface area contributed by atoms with Crippen molar-refractivity contribution in [3.8, 4) is 0 Å². The predicted octanol–water partition coefficient (Wildman–Crippen LogP) is 4.54. The number of benzene rings is 1. The van der Waals surface area contributed by atoms with Crippen molar-refractivity contribution >= 4 is 57.8 Å². The Bertz CT molecular complexity index is 577. The highest BCUT2D eigenvalue weighted by atomic mass is 79.9. The van der Waals surface area contributed by atoms with Crippen LogP contribution in [0.1, 0.15) is 25.7 Å². The van der Waals surface area contributed by atoms with Gasteiger partial charge in [0.05, 0.1) is 4.90 Å². The van der Waals surface area contributed by atoms with E-state index in [1.165, 1.54) is 0 Å². The van der Waals surface area contributed by atoms with E-state index in [2.05, 4.69) is 47.8 Å². The minimum atomic E-state index is -3.43. The van der Waals surface area contributed by atoms with Crippen LogP contribution in [0.15, 0.2) is 32.0 Å². The van der Waals surface area contributed by atoms with Gasteiger partial charge in [0.15, 0.2) is 0 Å². The third-order valence-electron chi connectivity index (χ3n) is 3.47. The maximum Gasteiger partial charge on any atom is 0.244 e. The van der Waals surface area contributed by atoms with Crippen molar-refractivity contribution in [2.75, 3.05) is 11.9 Å². The third kappa shape index (κ3) is 3.66. The quantitative estimate of drug-likeness (QED) is 0.569. The summed E-state index contributed by atoms with van der Waals surface area (Å²) >= 11 is 10.1. The number of sulfonamides is 1. The van der Waals surface area contributed by atoms with E-state index < -0.39 is 10.0 Å². The molecule has 0 saturated carbocycles. The zero-order chi connectivity index (χ0) is 14.8. The van der Waals surface area contributed by atoms with E-state index in [4.69, 9.17) is 0 Å². The summed E-state index contributed by atoms with van der Waals surface area (Å²) in [6.45, 7) is 0.619. The van der Waals surface area contributed by atoms with Gasteiger partial charge in [0.1, 0.15) is 0 Å². The number of nitrogens with zero attached hydrogens (tertiary/aromatic N) is 1. The molecule has 1 aliphatic rings. The molecule has 0 bridgehead atoms. The Morgan fingerprint density at radius 3 is 2.75 bits per heavy atom. The standard InChI is InChI=1S/C13H16Br3NO2S/c14-7-1-3-11-4-2-8-17(11)20(18,19)13-9-10(15)5-6-12(13)16/h5-6,9,11H,1-4,7-8H2. The fraction of sp³-hybridized carbons (Fsp3) is 0.538. The Kier molecular flexibility index (Phi) is 6.11. The summed E-state index contributed by atoms with van der Waals surface area (Å²) in [7, 11) is -3.43. The molecule has 0 aliphatic carbocycles. The van der Waals surface area contributed by atoms with Crippen molar-refractivity contribution in [3.63, 3.8) is 0 Å². The van der Waals surface area contributed by atoms with Crippen LogP contribution in [0.2, 0.25) is 0 Å².